The summed E-state index contributed by atoms with van der Waals surface area (Å²) in [7, 11) is 0. The molecule has 0 fully saturated rings. The zero-order valence-electron chi connectivity index (χ0n) is 23.9. The molecule has 1 N–H and O–H groups in total. The first-order valence-electron chi connectivity index (χ1n) is 15.2. The van der Waals surface area contributed by atoms with Crippen molar-refractivity contribution in [3.05, 3.63) is 152 Å². The molecule has 0 aliphatic heterocycles. The van der Waals surface area contributed by atoms with Crippen LogP contribution in [0.5, 0.6) is 0 Å². The first kappa shape index (κ1) is 23.7. The molecule has 9 aromatic rings. The van der Waals surface area contributed by atoms with Gasteiger partial charge in [-0.15, -0.1) is 0 Å². The summed E-state index contributed by atoms with van der Waals surface area (Å²) in [6.45, 7) is 0. The van der Waals surface area contributed by atoms with Gasteiger partial charge in [-0.1, -0.05) is 115 Å². The van der Waals surface area contributed by atoms with E-state index in [9.17, 15) is 0 Å². The highest BCUT2D eigenvalue weighted by Crippen LogP contribution is 2.50. The Labute approximate surface area is 254 Å². The maximum Gasteiger partial charge on any atom is 0.0551 e. The largest absolute Gasteiger partial charge is 0.354 e. The van der Waals surface area contributed by atoms with Gasteiger partial charge in [0.25, 0.3) is 0 Å². The molecule has 0 saturated carbocycles. The van der Waals surface area contributed by atoms with E-state index in [4.69, 9.17) is 0 Å². The number of nitrogens with one attached hydrogen (secondary N) is 1. The van der Waals surface area contributed by atoms with Gasteiger partial charge in [0.2, 0.25) is 0 Å². The van der Waals surface area contributed by atoms with Gasteiger partial charge in [-0.25, -0.2) is 0 Å². The van der Waals surface area contributed by atoms with Gasteiger partial charge in [0, 0.05) is 38.5 Å². The smallest absolute Gasteiger partial charge is 0.0551 e. The molecule has 2 aromatic heterocycles. The molecule has 0 unspecified atom stereocenters. The molecule has 2 heterocycles. The Bertz CT molecular complexity index is 2580. The van der Waals surface area contributed by atoms with E-state index in [1.165, 1.54) is 93.8 Å². The number of rotatable bonds is 3. The fourth-order valence-electron chi connectivity index (χ4n) is 7.47. The van der Waals surface area contributed by atoms with Gasteiger partial charge in [0.05, 0.1) is 16.7 Å². The van der Waals surface area contributed by atoms with E-state index in [1.54, 1.807) is 0 Å². The zero-order chi connectivity index (χ0) is 28.8. The summed E-state index contributed by atoms with van der Waals surface area (Å²) in [5.41, 5.74) is 14.9. The van der Waals surface area contributed by atoms with Crippen LogP contribution in [-0.4, -0.2) is 9.55 Å². The van der Waals surface area contributed by atoms with E-state index < -0.39 is 0 Å². The number of hydrogen-bond acceptors (Lipinski definition) is 0. The van der Waals surface area contributed by atoms with Crippen molar-refractivity contribution >= 4 is 43.5 Å². The molecule has 0 spiro atoms. The molecule has 0 bridgehead atoms. The lowest BCUT2D eigenvalue weighted by Crippen LogP contribution is -1.93. The molecule has 2 nitrogen and oxygen atoms in total. The molecule has 1 aliphatic rings. The fraction of sp³-hybridized carbons (Fsp3) is 0. The number of fused-ring (bicyclic) bond motifs is 8. The van der Waals surface area contributed by atoms with Crippen molar-refractivity contribution in [2.45, 2.75) is 0 Å². The van der Waals surface area contributed by atoms with Crippen molar-refractivity contribution in [3.8, 4) is 50.3 Å². The summed E-state index contributed by atoms with van der Waals surface area (Å²) in [4.78, 5) is 3.73. The van der Waals surface area contributed by atoms with Gasteiger partial charge >= 0.3 is 0 Å². The maximum absolute atomic E-state index is 3.73. The third-order valence-corrected chi connectivity index (χ3v) is 9.48. The van der Waals surface area contributed by atoms with Crippen LogP contribution in [0.2, 0.25) is 0 Å². The summed E-state index contributed by atoms with van der Waals surface area (Å²) in [5.74, 6) is 0. The summed E-state index contributed by atoms with van der Waals surface area (Å²) in [5, 5.41) is 6.49. The highest BCUT2D eigenvalue weighted by atomic mass is 15.0. The van der Waals surface area contributed by atoms with Crippen molar-refractivity contribution in [3.63, 3.8) is 0 Å². The maximum atomic E-state index is 3.73. The Balaban J connectivity index is 1.07. The minimum atomic E-state index is 1.18. The van der Waals surface area contributed by atoms with Crippen molar-refractivity contribution in [1.29, 1.82) is 0 Å². The highest BCUT2D eigenvalue weighted by molar-refractivity contribution is 6.21. The van der Waals surface area contributed by atoms with E-state index >= 15 is 0 Å². The Morgan fingerprint density at radius 1 is 0.432 bits per heavy atom. The van der Waals surface area contributed by atoms with Crippen LogP contribution in [0.15, 0.2) is 152 Å². The lowest BCUT2D eigenvalue weighted by atomic mass is 9.97. The van der Waals surface area contributed by atoms with Gasteiger partial charge in [0.15, 0.2) is 0 Å². The Kier molecular flexibility index (Phi) is 4.75. The van der Waals surface area contributed by atoms with Crippen molar-refractivity contribution < 1.29 is 0 Å². The molecule has 1 aliphatic carbocycles. The second-order valence-electron chi connectivity index (χ2n) is 11.8. The van der Waals surface area contributed by atoms with Gasteiger partial charge in [-0.2, -0.15) is 0 Å². The minimum absolute atomic E-state index is 1.18. The number of nitrogens with zero attached hydrogens (tertiary/aromatic N) is 1. The first-order valence-corrected chi connectivity index (χ1v) is 15.2. The molecule has 2 heteroatoms. The SMILES string of the molecule is c1ccc(-n2c3ccccc3c3ccc(-c4ccc(-c5ccc6[nH]c7c(c6c5)-c5cccc6cccc-7c56)cc4)cc32)cc1. The summed E-state index contributed by atoms with van der Waals surface area (Å²) in [6, 6.07) is 55.3. The minimum Gasteiger partial charge on any atom is -0.354 e. The lowest BCUT2D eigenvalue weighted by Gasteiger charge is -2.09. The molecule has 10 rings (SSSR count). The van der Waals surface area contributed by atoms with Crippen LogP contribution in [-0.2, 0) is 0 Å². The monoisotopic (exact) mass is 558 g/mol. The van der Waals surface area contributed by atoms with E-state index in [1.807, 2.05) is 0 Å². The molecule has 44 heavy (non-hydrogen) atoms. The van der Waals surface area contributed by atoms with E-state index in [0.717, 1.165) is 0 Å². The molecular weight excluding hydrogens is 532 g/mol. The van der Waals surface area contributed by atoms with Gasteiger partial charge in [-0.05, 0) is 75.0 Å². The molecule has 0 atom stereocenters. The van der Waals surface area contributed by atoms with Crippen LogP contribution in [0.3, 0.4) is 0 Å². The second-order valence-corrected chi connectivity index (χ2v) is 11.8. The number of aromatic nitrogens is 2. The van der Waals surface area contributed by atoms with E-state index in [0.29, 0.717) is 0 Å². The van der Waals surface area contributed by atoms with Gasteiger partial charge in [-0.3, -0.25) is 0 Å². The van der Waals surface area contributed by atoms with Crippen LogP contribution >= 0.6 is 0 Å². The van der Waals surface area contributed by atoms with E-state index in [2.05, 4.69) is 161 Å². The number of para-hydroxylation sites is 2. The molecule has 0 radical (unpaired) electrons. The quantitative estimate of drug-likeness (QED) is 0.223. The third kappa shape index (κ3) is 3.25. The first-order chi connectivity index (χ1) is 21.8. The Hall–Kier alpha value is -5.86. The van der Waals surface area contributed by atoms with Gasteiger partial charge in [0.1, 0.15) is 0 Å². The number of aromatic amines is 1. The average Bonchev–Trinajstić information content (AvgIpc) is 3.73. The topological polar surface area (TPSA) is 20.7 Å². The molecule has 204 valence electrons. The summed E-state index contributed by atoms with van der Waals surface area (Å²) < 4.78 is 2.38. The van der Waals surface area contributed by atoms with Crippen molar-refractivity contribution in [2.75, 3.05) is 0 Å². The van der Waals surface area contributed by atoms with Crippen LogP contribution < -0.4 is 0 Å². The average molecular weight is 559 g/mol. The number of hydrogen-bond donors (Lipinski definition) is 1. The molecular formula is C42H26N2. The van der Waals surface area contributed by atoms with Crippen LogP contribution in [0.4, 0.5) is 0 Å². The summed E-state index contributed by atoms with van der Waals surface area (Å²) >= 11 is 0. The van der Waals surface area contributed by atoms with E-state index in [-0.39, 0.29) is 0 Å². The lowest BCUT2D eigenvalue weighted by molar-refractivity contribution is 1.18. The van der Waals surface area contributed by atoms with Crippen molar-refractivity contribution in [1.82, 2.24) is 9.55 Å². The number of benzene rings is 7. The predicted molar refractivity (Wildman–Crippen MR) is 185 cm³/mol. The summed E-state index contributed by atoms with van der Waals surface area (Å²) in [6.07, 6.45) is 0. The number of H-pyrrole nitrogens is 1. The molecule has 7 aromatic carbocycles. The normalized spacial score (nSPS) is 12.1. The standard InChI is InChI=1S/C42H26N2/c1-2-10-31(11-3-1)44-38-15-5-4-12-32(38)33-22-20-30(25-39(33)44)27-18-16-26(17-19-27)29-21-23-37-36(24-29)41-34-13-6-8-28-9-7-14-35(40(28)34)42(41)43-37/h1-25,43H. The zero-order valence-corrected chi connectivity index (χ0v) is 23.9. The Morgan fingerprint density at radius 3 is 1.91 bits per heavy atom. The third-order valence-electron chi connectivity index (χ3n) is 9.48. The second kappa shape index (κ2) is 8.82. The van der Waals surface area contributed by atoms with Crippen molar-refractivity contribution in [2.24, 2.45) is 0 Å². The fourth-order valence-corrected chi connectivity index (χ4v) is 7.47. The highest BCUT2D eigenvalue weighted by Gasteiger charge is 2.25. The molecule has 0 amide bonds. The molecule has 0 saturated heterocycles. The van der Waals surface area contributed by atoms with Crippen LogP contribution in [0, 0.1) is 0 Å². The van der Waals surface area contributed by atoms with Gasteiger partial charge < -0.3 is 9.55 Å². The Morgan fingerprint density at radius 2 is 1.09 bits per heavy atom. The van der Waals surface area contributed by atoms with Crippen LogP contribution in [0.25, 0.3) is 93.8 Å². The predicted octanol–water partition coefficient (Wildman–Crippen LogP) is 11.4. The van der Waals surface area contributed by atoms with Crippen LogP contribution in [0.1, 0.15) is 0 Å².